The third-order valence-corrected chi connectivity index (χ3v) is 9.59. The van der Waals surface area contributed by atoms with Gasteiger partial charge in [-0.1, -0.05) is 29.8 Å². The monoisotopic (exact) mass is 664 g/mol. The number of benzene rings is 2. The van der Waals surface area contributed by atoms with Gasteiger partial charge in [-0.2, -0.15) is 13.2 Å². The topological polar surface area (TPSA) is 108 Å². The summed E-state index contributed by atoms with van der Waals surface area (Å²) in [6.07, 6.45) is -1.86. The first-order valence-corrected chi connectivity index (χ1v) is 15.9. The second-order valence-electron chi connectivity index (χ2n) is 12.4. The predicted octanol–water partition coefficient (Wildman–Crippen LogP) is 4.79. The Bertz CT molecular complexity index is 1440. The minimum atomic E-state index is -4.86. The molecule has 0 aliphatic carbocycles. The van der Waals surface area contributed by atoms with Crippen molar-refractivity contribution in [3.63, 3.8) is 0 Å². The van der Waals surface area contributed by atoms with Crippen molar-refractivity contribution in [2.45, 2.75) is 62.8 Å². The number of anilines is 1. The minimum Gasteiger partial charge on any atom is -0.506 e. The summed E-state index contributed by atoms with van der Waals surface area (Å²) in [5.41, 5.74) is 0.616. The molecular weight excluding hydrogens is 625 g/mol. The number of rotatable bonds is 6. The van der Waals surface area contributed by atoms with Crippen LogP contribution < -0.4 is 10.6 Å². The number of carbonyl (C=O) groups excluding carboxylic acids is 3. The Hall–Kier alpha value is -3.71. The van der Waals surface area contributed by atoms with E-state index >= 15 is 0 Å². The number of nitrogens with one attached hydrogen (secondary N) is 2. The van der Waals surface area contributed by atoms with Gasteiger partial charge in [0.25, 0.3) is 0 Å². The van der Waals surface area contributed by atoms with Crippen LogP contribution in [0.5, 0.6) is 5.75 Å². The van der Waals surface area contributed by atoms with E-state index in [1.807, 2.05) is 43.3 Å². The van der Waals surface area contributed by atoms with Crippen LogP contribution in [-0.2, 0) is 23.8 Å². The number of fused-ring (bicyclic) bond motifs is 1. The summed E-state index contributed by atoms with van der Waals surface area (Å²) in [6.45, 7) is 2.13. The zero-order valence-electron chi connectivity index (χ0n) is 25.9. The SMILES string of the molecule is CN(C)C1CCN(C(=O)[C@@H](Cc2cc(Cl)c(O)c(C(F)(F)F)c2)NC(=O)N2CCC(N3CCc4ccccc4NC3=O)CC2)CC1. The molecule has 0 radical (unpaired) electrons. The van der Waals surface area contributed by atoms with Gasteiger partial charge in [0.05, 0.1) is 10.6 Å². The predicted molar refractivity (Wildman–Crippen MR) is 168 cm³/mol. The molecule has 3 heterocycles. The van der Waals surface area contributed by atoms with E-state index in [4.69, 9.17) is 11.6 Å². The summed E-state index contributed by atoms with van der Waals surface area (Å²) in [5, 5.41) is 15.2. The van der Waals surface area contributed by atoms with Crippen LogP contribution in [0.25, 0.3) is 0 Å². The Morgan fingerprint density at radius 3 is 2.35 bits per heavy atom. The van der Waals surface area contributed by atoms with E-state index in [0.717, 1.165) is 30.2 Å². The first-order chi connectivity index (χ1) is 21.8. The van der Waals surface area contributed by atoms with Crippen LogP contribution in [0.15, 0.2) is 36.4 Å². The van der Waals surface area contributed by atoms with Crippen molar-refractivity contribution in [3.8, 4) is 5.75 Å². The highest BCUT2D eigenvalue weighted by Crippen LogP contribution is 2.40. The number of phenols is 1. The molecule has 0 aromatic heterocycles. The number of phenolic OH excluding ortho intramolecular Hbond substituents is 1. The molecule has 14 heteroatoms. The molecule has 3 aliphatic rings. The van der Waals surface area contributed by atoms with Gasteiger partial charge in [-0.25, -0.2) is 9.59 Å². The number of piperidine rings is 2. The number of para-hydroxylation sites is 1. The maximum Gasteiger partial charge on any atom is 0.420 e. The lowest BCUT2D eigenvalue weighted by Crippen LogP contribution is -2.57. The van der Waals surface area contributed by atoms with Crippen molar-refractivity contribution in [2.75, 3.05) is 52.1 Å². The van der Waals surface area contributed by atoms with E-state index in [2.05, 4.69) is 15.5 Å². The molecule has 3 N–H and O–H groups in total. The molecular formula is C32H40ClF3N6O4. The summed E-state index contributed by atoms with van der Waals surface area (Å²) < 4.78 is 40.9. The van der Waals surface area contributed by atoms with Crippen LogP contribution in [0.1, 0.15) is 42.4 Å². The molecule has 2 fully saturated rings. The van der Waals surface area contributed by atoms with Gasteiger partial charge in [-0.3, -0.25) is 4.79 Å². The lowest BCUT2D eigenvalue weighted by Gasteiger charge is -2.39. The fourth-order valence-corrected chi connectivity index (χ4v) is 6.85. The zero-order valence-corrected chi connectivity index (χ0v) is 26.7. The average Bonchev–Trinajstić information content (AvgIpc) is 3.19. The third-order valence-electron chi connectivity index (χ3n) is 9.31. The van der Waals surface area contributed by atoms with E-state index in [1.54, 1.807) is 9.80 Å². The molecule has 0 saturated carbocycles. The number of hydrogen-bond acceptors (Lipinski definition) is 5. The van der Waals surface area contributed by atoms with E-state index in [-0.39, 0.29) is 30.0 Å². The highest BCUT2D eigenvalue weighted by molar-refractivity contribution is 6.32. The summed E-state index contributed by atoms with van der Waals surface area (Å²) in [6, 6.07) is 8.02. The van der Waals surface area contributed by atoms with Gasteiger partial charge in [0.2, 0.25) is 5.91 Å². The second kappa shape index (κ2) is 14.0. The second-order valence-corrected chi connectivity index (χ2v) is 12.9. The van der Waals surface area contributed by atoms with Crippen molar-refractivity contribution in [3.05, 3.63) is 58.1 Å². The van der Waals surface area contributed by atoms with Gasteiger partial charge >= 0.3 is 18.2 Å². The van der Waals surface area contributed by atoms with E-state index in [9.17, 15) is 32.7 Å². The maximum atomic E-state index is 13.8. The van der Waals surface area contributed by atoms with Crippen molar-refractivity contribution in [1.82, 2.24) is 24.9 Å². The Morgan fingerprint density at radius 1 is 1.04 bits per heavy atom. The Balaban J connectivity index is 1.27. The lowest BCUT2D eigenvalue weighted by molar-refractivity contribution is -0.138. The van der Waals surface area contributed by atoms with E-state index in [1.165, 1.54) is 6.07 Å². The van der Waals surface area contributed by atoms with Crippen LogP contribution in [0.3, 0.4) is 0 Å². The largest absolute Gasteiger partial charge is 0.506 e. The number of aromatic hydroxyl groups is 1. The maximum absolute atomic E-state index is 13.8. The number of likely N-dealkylation sites (tertiary alicyclic amines) is 2. The van der Waals surface area contributed by atoms with Gasteiger partial charge in [-0.05, 0) is 75.5 Å². The molecule has 2 aromatic rings. The molecule has 2 aromatic carbocycles. The van der Waals surface area contributed by atoms with Crippen molar-refractivity contribution in [2.24, 2.45) is 0 Å². The molecule has 5 rings (SSSR count). The Morgan fingerprint density at radius 2 is 1.70 bits per heavy atom. The number of nitrogens with zero attached hydrogens (tertiary/aromatic N) is 4. The number of carbonyl (C=O) groups is 3. The van der Waals surface area contributed by atoms with E-state index in [0.29, 0.717) is 58.0 Å². The fraction of sp³-hybridized carbons (Fsp3) is 0.531. The molecule has 0 spiro atoms. The number of amides is 5. The van der Waals surface area contributed by atoms with Gasteiger partial charge < -0.3 is 35.3 Å². The molecule has 3 aliphatic heterocycles. The quantitative estimate of drug-likeness (QED) is 0.412. The summed E-state index contributed by atoms with van der Waals surface area (Å²) in [5.74, 6) is -1.47. The molecule has 10 nitrogen and oxygen atoms in total. The standard InChI is InChI=1S/C32H40ClF3N6O4/c1-39(2)22-8-12-40(13-9-22)29(44)27(19-20-17-24(32(34,35)36)28(43)25(33)18-20)38-30(45)41-14-10-23(11-15-41)42-16-7-21-5-3-4-6-26(21)37-31(42)46/h3-6,17-18,22-23,27,43H,7-16,19H2,1-2H3,(H,37,46)(H,38,45)/t27-/m1/s1. The zero-order chi connectivity index (χ0) is 33.2. The number of halogens is 4. The Kier molecular flexibility index (Phi) is 10.2. The highest BCUT2D eigenvalue weighted by Gasteiger charge is 2.37. The van der Waals surface area contributed by atoms with Crippen LogP contribution in [0.4, 0.5) is 28.4 Å². The van der Waals surface area contributed by atoms with Crippen molar-refractivity contribution >= 4 is 35.3 Å². The fourth-order valence-electron chi connectivity index (χ4n) is 6.61. The number of urea groups is 2. The average molecular weight is 665 g/mol. The van der Waals surface area contributed by atoms with Gasteiger partial charge in [-0.15, -0.1) is 0 Å². The van der Waals surface area contributed by atoms with Gasteiger partial charge in [0.1, 0.15) is 11.8 Å². The third kappa shape index (κ3) is 7.63. The van der Waals surface area contributed by atoms with Gasteiger partial charge in [0.15, 0.2) is 0 Å². The molecule has 0 unspecified atom stereocenters. The van der Waals surface area contributed by atoms with Crippen molar-refractivity contribution in [1.29, 1.82) is 0 Å². The minimum absolute atomic E-state index is 0.0591. The molecule has 2 saturated heterocycles. The van der Waals surface area contributed by atoms with Gasteiger partial charge in [0, 0.05) is 56.9 Å². The van der Waals surface area contributed by atoms with Crippen LogP contribution >= 0.6 is 11.6 Å². The molecule has 1 atom stereocenters. The molecule has 5 amide bonds. The van der Waals surface area contributed by atoms with Crippen molar-refractivity contribution < 1.29 is 32.7 Å². The van der Waals surface area contributed by atoms with Crippen LogP contribution in [0, 0.1) is 0 Å². The van der Waals surface area contributed by atoms with E-state index < -0.39 is 34.6 Å². The first kappa shape index (κ1) is 33.6. The number of hydrogen-bond donors (Lipinski definition) is 3. The normalized spacial score (nSPS) is 19.0. The molecule has 46 heavy (non-hydrogen) atoms. The smallest absolute Gasteiger partial charge is 0.420 e. The molecule has 250 valence electrons. The summed E-state index contributed by atoms with van der Waals surface area (Å²) >= 11 is 5.96. The summed E-state index contributed by atoms with van der Waals surface area (Å²) in [7, 11) is 3.94. The Labute approximate surface area is 271 Å². The first-order valence-electron chi connectivity index (χ1n) is 15.6. The lowest BCUT2D eigenvalue weighted by atomic mass is 9.99. The number of alkyl halides is 3. The highest BCUT2D eigenvalue weighted by atomic mass is 35.5. The molecule has 0 bridgehead atoms. The van der Waals surface area contributed by atoms with Crippen LogP contribution in [0.2, 0.25) is 5.02 Å². The summed E-state index contributed by atoms with van der Waals surface area (Å²) in [4.78, 5) is 47.4. The van der Waals surface area contributed by atoms with Crippen LogP contribution in [-0.4, -0.2) is 108 Å².